The Kier molecular flexibility index (Phi) is 2.30. The molecule has 0 saturated heterocycles. The summed E-state index contributed by atoms with van der Waals surface area (Å²) in [6, 6.07) is 6.97. The van der Waals surface area contributed by atoms with Gasteiger partial charge in [-0.25, -0.2) is 4.98 Å². The second-order valence-electron chi connectivity index (χ2n) is 3.49. The highest BCUT2D eigenvalue weighted by Gasteiger charge is 2.08. The number of hydrogen-bond donors (Lipinski definition) is 2. The van der Waals surface area contributed by atoms with E-state index in [-0.39, 0.29) is 5.56 Å². The van der Waals surface area contributed by atoms with E-state index in [1.807, 2.05) is 12.1 Å². The third-order valence-corrected chi connectivity index (χ3v) is 3.94. The summed E-state index contributed by atoms with van der Waals surface area (Å²) in [5.41, 5.74) is 6.60. The van der Waals surface area contributed by atoms with Crippen molar-refractivity contribution < 1.29 is 0 Å². The molecule has 7 heteroatoms. The third kappa shape index (κ3) is 1.77. The Morgan fingerprint density at radius 1 is 1.41 bits per heavy atom. The average molecular weight is 311 g/mol. The Bertz CT molecular complexity index is 757. The molecule has 3 rings (SSSR count). The van der Waals surface area contributed by atoms with Gasteiger partial charge in [0.25, 0.3) is 5.56 Å². The topological polar surface area (TPSA) is 76.2 Å². The summed E-state index contributed by atoms with van der Waals surface area (Å²) in [7, 11) is 0. The first-order chi connectivity index (χ1) is 8.13. The summed E-state index contributed by atoms with van der Waals surface area (Å²) in [6.45, 7) is 0. The number of nitrogen functional groups attached to an aromatic ring is 1. The normalized spacial score (nSPS) is 11.1. The zero-order valence-electron chi connectivity index (χ0n) is 8.48. The molecule has 0 aliphatic rings. The monoisotopic (exact) mass is 310 g/mol. The molecule has 3 heterocycles. The molecule has 3 aromatic rings. The smallest absolute Gasteiger partial charge is 0.273 e. The summed E-state index contributed by atoms with van der Waals surface area (Å²) in [4.78, 5) is 17.1. The maximum Gasteiger partial charge on any atom is 0.273 e. The summed E-state index contributed by atoms with van der Waals surface area (Å²) < 4.78 is 2.32. The fraction of sp³-hybridized carbons (Fsp3) is 0. The van der Waals surface area contributed by atoms with E-state index in [0.29, 0.717) is 17.2 Å². The minimum absolute atomic E-state index is 0.175. The van der Waals surface area contributed by atoms with E-state index >= 15 is 0 Å². The molecule has 0 saturated carbocycles. The number of H-pyrrole nitrogens is 1. The van der Waals surface area contributed by atoms with Crippen LogP contribution in [0, 0.1) is 0 Å². The van der Waals surface area contributed by atoms with Gasteiger partial charge in [-0.2, -0.15) is 4.52 Å². The van der Waals surface area contributed by atoms with E-state index < -0.39 is 0 Å². The lowest BCUT2D eigenvalue weighted by Gasteiger charge is -1.97. The van der Waals surface area contributed by atoms with Crippen molar-refractivity contribution >= 4 is 38.7 Å². The van der Waals surface area contributed by atoms with Gasteiger partial charge in [-0.15, -0.1) is 11.3 Å². The van der Waals surface area contributed by atoms with Crippen molar-refractivity contribution in [3.8, 4) is 10.6 Å². The predicted octanol–water partition coefficient (Wildman–Crippen LogP) is 2.10. The van der Waals surface area contributed by atoms with E-state index in [2.05, 4.69) is 26.0 Å². The predicted molar refractivity (Wildman–Crippen MR) is 71.2 cm³/mol. The molecular formula is C10H7BrN4OS. The minimum Gasteiger partial charge on any atom is -0.384 e. The lowest BCUT2D eigenvalue weighted by molar-refractivity contribution is 0.907. The van der Waals surface area contributed by atoms with Crippen molar-refractivity contribution in [2.75, 3.05) is 5.73 Å². The number of nitrogens with two attached hydrogens (primary N) is 1. The molecule has 0 aliphatic heterocycles. The first kappa shape index (κ1) is 10.5. The standard InChI is InChI=1S/C10H7BrN4OS/c11-7-2-1-6(17-7)5-3-10(16)15-9(13-5)4-8(12)14-15/h1-4,14H,12H2. The average Bonchev–Trinajstić information content (AvgIpc) is 2.83. The van der Waals surface area contributed by atoms with Gasteiger partial charge in [0, 0.05) is 12.1 Å². The molecule has 0 bridgehead atoms. The van der Waals surface area contributed by atoms with Crippen molar-refractivity contribution in [1.29, 1.82) is 0 Å². The molecule has 86 valence electrons. The van der Waals surface area contributed by atoms with Crippen LogP contribution in [-0.2, 0) is 0 Å². The van der Waals surface area contributed by atoms with Gasteiger partial charge < -0.3 is 5.73 Å². The molecule has 0 aromatic carbocycles. The highest BCUT2D eigenvalue weighted by Crippen LogP contribution is 2.29. The molecule has 0 fully saturated rings. The third-order valence-electron chi connectivity index (χ3n) is 2.30. The molecule has 0 radical (unpaired) electrons. The van der Waals surface area contributed by atoms with Crippen LogP contribution in [0.1, 0.15) is 0 Å². The number of thiophene rings is 1. The Hall–Kier alpha value is -1.60. The zero-order valence-corrected chi connectivity index (χ0v) is 10.9. The van der Waals surface area contributed by atoms with Crippen LogP contribution in [-0.4, -0.2) is 14.6 Å². The van der Waals surface area contributed by atoms with Gasteiger partial charge in [-0.3, -0.25) is 9.89 Å². The number of aromatic amines is 1. The van der Waals surface area contributed by atoms with Crippen LogP contribution < -0.4 is 11.3 Å². The molecule has 0 unspecified atom stereocenters. The van der Waals surface area contributed by atoms with Crippen molar-refractivity contribution in [2.45, 2.75) is 0 Å². The number of fused-ring (bicyclic) bond motifs is 1. The van der Waals surface area contributed by atoms with Gasteiger partial charge in [-0.05, 0) is 28.1 Å². The number of anilines is 1. The number of rotatable bonds is 1. The molecule has 3 aromatic heterocycles. The molecule has 0 aliphatic carbocycles. The second-order valence-corrected chi connectivity index (χ2v) is 5.95. The van der Waals surface area contributed by atoms with Gasteiger partial charge in [0.05, 0.1) is 14.4 Å². The SMILES string of the molecule is Nc1cc2nc(-c3ccc(Br)s3)cc(=O)n2[nH]1. The summed E-state index contributed by atoms with van der Waals surface area (Å²) >= 11 is 4.91. The molecule has 17 heavy (non-hydrogen) atoms. The Morgan fingerprint density at radius 2 is 2.24 bits per heavy atom. The lowest BCUT2D eigenvalue weighted by Crippen LogP contribution is -2.14. The first-order valence-corrected chi connectivity index (χ1v) is 6.38. The van der Waals surface area contributed by atoms with E-state index in [1.54, 1.807) is 6.07 Å². The van der Waals surface area contributed by atoms with Gasteiger partial charge in [0.15, 0.2) is 5.65 Å². The Balaban J connectivity index is 2.28. The molecule has 3 N–H and O–H groups in total. The number of nitrogens with one attached hydrogen (secondary N) is 1. The molecule has 5 nitrogen and oxygen atoms in total. The molecule has 0 atom stereocenters. The zero-order chi connectivity index (χ0) is 12.0. The maximum atomic E-state index is 11.8. The fourth-order valence-corrected chi connectivity index (χ4v) is 2.93. The first-order valence-electron chi connectivity index (χ1n) is 4.77. The van der Waals surface area contributed by atoms with Crippen LogP contribution in [0.4, 0.5) is 5.82 Å². The van der Waals surface area contributed by atoms with E-state index in [0.717, 1.165) is 8.66 Å². The highest BCUT2D eigenvalue weighted by molar-refractivity contribution is 9.11. The van der Waals surface area contributed by atoms with Crippen molar-refractivity contribution in [1.82, 2.24) is 14.6 Å². The van der Waals surface area contributed by atoms with Gasteiger partial charge in [-0.1, -0.05) is 0 Å². The summed E-state index contributed by atoms with van der Waals surface area (Å²) in [5.74, 6) is 0.416. The van der Waals surface area contributed by atoms with Gasteiger partial charge in [0.1, 0.15) is 5.82 Å². The summed E-state index contributed by atoms with van der Waals surface area (Å²) in [6.07, 6.45) is 0. The van der Waals surface area contributed by atoms with Crippen LogP contribution in [0.3, 0.4) is 0 Å². The van der Waals surface area contributed by atoms with Crippen LogP contribution in [0.15, 0.2) is 32.8 Å². The van der Waals surface area contributed by atoms with E-state index in [4.69, 9.17) is 5.73 Å². The van der Waals surface area contributed by atoms with Crippen molar-refractivity contribution in [2.24, 2.45) is 0 Å². The number of nitrogens with zero attached hydrogens (tertiary/aromatic N) is 2. The van der Waals surface area contributed by atoms with Crippen LogP contribution >= 0.6 is 27.3 Å². The Labute approximate surface area is 108 Å². The summed E-state index contributed by atoms with van der Waals surface area (Å²) in [5, 5.41) is 2.72. The van der Waals surface area contributed by atoms with Crippen molar-refractivity contribution in [3.05, 3.63) is 38.4 Å². The van der Waals surface area contributed by atoms with Crippen LogP contribution in [0.2, 0.25) is 0 Å². The van der Waals surface area contributed by atoms with Crippen LogP contribution in [0.5, 0.6) is 0 Å². The van der Waals surface area contributed by atoms with E-state index in [1.165, 1.54) is 21.9 Å². The largest absolute Gasteiger partial charge is 0.384 e. The number of aromatic nitrogens is 3. The fourth-order valence-electron chi connectivity index (χ4n) is 1.59. The molecular weight excluding hydrogens is 304 g/mol. The van der Waals surface area contributed by atoms with Gasteiger partial charge in [0.2, 0.25) is 0 Å². The van der Waals surface area contributed by atoms with Gasteiger partial charge >= 0.3 is 0 Å². The second kappa shape index (κ2) is 3.71. The Morgan fingerprint density at radius 3 is 2.94 bits per heavy atom. The quantitative estimate of drug-likeness (QED) is 0.722. The maximum absolute atomic E-state index is 11.8. The van der Waals surface area contributed by atoms with Crippen molar-refractivity contribution in [3.63, 3.8) is 0 Å². The molecule has 0 spiro atoms. The highest BCUT2D eigenvalue weighted by atomic mass is 79.9. The minimum atomic E-state index is -0.175. The lowest BCUT2D eigenvalue weighted by atomic mass is 10.3. The van der Waals surface area contributed by atoms with Crippen LogP contribution in [0.25, 0.3) is 16.2 Å². The number of halogens is 1. The number of hydrogen-bond acceptors (Lipinski definition) is 4. The molecule has 0 amide bonds. The van der Waals surface area contributed by atoms with E-state index in [9.17, 15) is 4.79 Å².